The van der Waals surface area contributed by atoms with E-state index in [0.717, 1.165) is 17.2 Å². The van der Waals surface area contributed by atoms with Crippen molar-refractivity contribution in [1.29, 1.82) is 0 Å². The van der Waals surface area contributed by atoms with Gasteiger partial charge in [-0.25, -0.2) is 0 Å². The number of nitrogens with zero attached hydrogens (tertiary/aromatic N) is 1. The Morgan fingerprint density at radius 2 is 2.03 bits per heavy atom. The molecule has 166 valence electrons. The van der Waals surface area contributed by atoms with Crippen LogP contribution >= 0.6 is 0 Å². The van der Waals surface area contributed by atoms with Gasteiger partial charge in [-0.15, -0.1) is 0 Å². The van der Waals surface area contributed by atoms with Gasteiger partial charge in [0.05, 0.1) is 17.7 Å². The molecule has 1 saturated heterocycles. The van der Waals surface area contributed by atoms with Crippen molar-refractivity contribution < 1.29 is 27.5 Å². The van der Waals surface area contributed by atoms with Crippen LogP contribution in [0.4, 0.5) is 13.2 Å². The van der Waals surface area contributed by atoms with Crippen LogP contribution in [0.25, 0.3) is 0 Å². The van der Waals surface area contributed by atoms with Crippen molar-refractivity contribution in [3.63, 3.8) is 0 Å². The lowest BCUT2D eigenvalue weighted by Crippen LogP contribution is -2.39. The van der Waals surface area contributed by atoms with E-state index in [1.54, 1.807) is 18.2 Å². The van der Waals surface area contributed by atoms with Gasteiger partial charge in [-0.1, -0.05) is 30.3 Å². The van der Waals surface area contributed by atoms with Crippen LogP contribution < -0.4 is 15.4 Å². The molecule has 2 aromatic rings. The minimum Gasteiger partial charge on any atom is -0.488 e. The minimum atomic E-state index is -4.51. The predicted molar refractivity (Wildman–Crippen MR) is 111 cm³/mol. The number of halogens is 3. The van der Waals surface area contributed by atoms with Crippen molar-refractivity contribution >= 4 is 17.6 Å². The molecule has 2 amide bonds. The van der Waals surface area contributed by atoms with Gasteiger partial charge >= 0.3 is 6.18 Å². The third kappa shape index (κ3) is 4.23. The van der Waals surface area contributed by atoms with Gasteiger partial charge in [0.15, 0.2) is 0 Å². The van der Waals surface area contributed by atoms with Crippen LogP contribution in [0.15, 0.2) is 59.1 Å². The normalized spacial score (nSPS) is 17.8. The lowest BCUT2D eigenvalue weighted by molar-refractivity contribution is -0.138. The van der Waals surface area contributed by atoms with Crippen LogP contribution in [0, 0.1) is 0 Å². The van der Waals surface area contributed by atoms with E-state index in [-0.39, 0.29) is 41.7 Å². The number of ether oxygens (including phenoxy) is 1. The Labute approximate surface area is 182 Å². The molecule has 9 heteroatoms. The molecule has 2 heterocycles. The number of aliphatic imine (C=N–C) groups is 1. The molecule has 0 spiro atoms. The van der Waals surface area contributed by atoms with E-state index >= 15 is 0 Å². The first-order valence-corrected chi connectivity index (χ1v) is 9.96. The molecule has 0 bridgehead atoms. The van der Waals surface area contributed by atoms with Crippen LogP contribution in [-0.2, 0) is 17.6 Å². The highest BCUT2D eigenvalue weighted by atomic mass is 19.4. The molecule has 0 saturated carbocycles. The summed E-state index contributed by atoms with van der Waals surface area (Å²) in [7, 11) is 1.45. The average molecular weight is 443 g/mol. The van der Waals surface area contributed by atoms with Gasteiger partial charge in [0.2, 0.25) is 5.91 Å². The molecular weight excluding hydrogens is 423 g/mol. The maximum Gasteiger partial charge on any atom is 0.416 e. The Bertz CT molecular complexity index is 1140. The second-order valence-corrected chi connectivity index (χ2v) is 7.43. The molecule has 2 N–H and O–H groups in total. The zero-order chi connectivity index (χ0) is 22.9. The maximum absolute atomic E-state index is 13.3. The van der Waals surface area contributed by atoms with Gasteiger partial charge in [0.1, 0.15) is 18.2 Å². The molecule has 0 aliphatic carbocycles. The summed E-state index contributed by atoms with van der Waals surface area (Å²) in [5.41, 5.74) is 0.972. The van der Waals surface area contributed by atoms with E-state index in [4.69, 9.17) is 4.74 Å². The Morgan fingerprint density at radius 3 is 2.78 bits per heavy atom. The number of carbonyl (C=O) groups excluding carboxylic acids is 2. The summed E-state index contributed by atoms with van der Waals surface area (Å²) in [6, 6.07) is 10.0. The first-order valence-electron chi connectivity index (χ1n) is 9.96. The number of rotatable bonds is 5. The summed E-state index contributed by atoms with van der Waals surface area (Å²) in [6.45, 7) is 0.121. The van der Waals surface area contributed by atoms with Gasteiger partial charge in [0, 0.05) is 30.5 Å². The quantitative estimate of drug-likeness (QED) is 0.741. The molecule has 2 aromatic carbocycles. The fourth-order valence-corrected chi connectivity index (χ4v) is 3.90. The fraction of sp³-hybridized carbons (Fsp3) is 0.261. The zero-order valence-electron chi connectivity index (χ0n) is 17.1. The molecule has 0 aromatic heterocycles. The van der Waals surface area contributed by atoms with Crippen LogP contribution in [-0.4, -0.2) is 31.2 Å². The van der Waals surface area contributed by atoms with Crippen molar-refractivity contribution in [1.82, 2.24) is 10.6 Å². The molecule has 32 heavy (non-hydrogen) atoms. The van der Waals surface area contributed by atoms with E-state index in [2.05, 4.69) is 15.6 Å². The number of alkyl halides is 3. The topological polar surface area (TPSA) is 79.8 Å². The second-order valence-electron chi connectivity index (χ2n) is 7.43. The Morgan fingerprint density at radius 1 is 1.25 bits per heavy atom. The van der Waals surface area contributed by atoms with Crippen LogP contribution in [0.2, 0.25) is 0 Å². The zero-order valence-corrected chi connectivity index (χ0v) is 17.1. The number of carbonyl (C=O) groups is 2. The van der Waals surface area contributed by atoms with Crippen molar-refractivity contribution in [3.8, 4) is 5.75 Å². The summed E-state index contributed by atoms with van der Waals surface area (Å²) in [5, 5.41) is 5.26. The molecular formula is C23H20F3N3O3. The summed E-state index contributed by atoms with van der Waals surface area (Å²) in [6.07, 6.45) is -2.38. The van der Waals surface area contributed by atoms with Gasteiger partial charge in [-0.2, -0.15) is 13.2 Å². The van der Waals surface area contributed by atoms with Crippen molar-refractivity contribution in [2.24, 2.45) is 4.99 Å². The Balaban J connectivity index is 1.64. The highest BCUT2D eigenvalue weighted by Gasteiger charge is 2.34. The number of hydrogen-bond acceptors (Lipinski definition) is 4. The summed E-state index contributed by atoms with van der Waals surface area (Å²) in [4.78, 5) is 28.9. The average Bonchev–Trinajstić information content (AvgIpc) is 3.24. The highest BCUT2D eigenvalue weighted by molar-refractivity contribution is 6.13. The highest BCUT2D eigenvalue weighted by Crippen LogP contribution is 2.36. The number of benzene rings is 2. The van der Waals surface area contributed by atoms with Crippen LogP contribution in [0.1, 0.15) is 39.4 Å². The SMILES string of the molecule is CNC(=O)c1cc(C2CC(=O)NC3=NCC=C32)ccc1OCc1ccccc1C(F)(F)F. The number of amidine groups is 1. The third-order valence-electron chi connectivity index (χ3n) is 5.44. The summed E-state index contributed by atoms with van der Waals surface area (Å²) < 4.78 is 45.5. The number of amides is 2. The smallest absolute Gasteiger partial charge is 0.416 e. The number of fused-ring (bicyclic) bond motifs is 1. The molecule has 1 unspecified atom stereocenters. The maximum atomic E-state index is 13.3. The second kappa shape index (κ2) is 8.49. The number of piperidine rings is 1. The minimum absolute atomic E-state index is 0.0344. The lowest BCUT2D eigenvalue weighted by atomic mass is 9.84. The van der Waals surface area contributed by atoms with Gasteiger partial charge in [-0.05, 0) is 23.8 Å². The predicted octanol–water partition coefficient (Wildman–Crippen LogP) is 3.59. The van der Waals surface area contributed by atoms with Crippen LogP contribution in [0.3, 0.4) is 0 Å². The van der Waals surface area contributed by atoms with Crippen molar-refractivity contribution in [2.75, 3.05) is 13.6 Å². The van der Waals surface area contributed by atoms with Gasteiger partial charge in [-0.3, -0.25) is 14.6 Å². The lowest BCUT2D eigenvalue weighted by Gasteiger charge is -2.26. The molecule has 4 rings (SSSR count). The third-order valence-corrected chi connectivity index (χ3v) is 5.44. The van der Waals surface area contributed by atoms with E-state index in [9.17, 15) is 22.8 Å². The standard InChI is InChI=1S/C23H20F3N3O3/c1-27-22(31)17-10-13(16-11-20(30)29-21-15(16)8-9-28-21)6-7-19(17)32-12-14-4-2-3-5-18(14)23(24,25)26/h2-8,10,16H,9,11-12H2,1H3,(H,27,31)(H,28,29,30). The van der Waals surface area contributed by atoms with E-state index in [0.29, 0.717) is 12.4 Å². The molecule has 1 fully saturated rings. The molecule has 2 aliphatic heterocycles. The number of hydrogen-bond donors (Lipinski definition) is 2. The molecule has 6 nitrogen and oxygen atoms in total. The summed E-state index contributed by atoms with van der Waals surface area (Å²) in [5.74, 6) is -0.191. The summed E-state index contributed by atoms with van der Waals surface area (Å²) >= 11 is 0. The number of nitrogens with one attached hydrogen (secondary N) is 2. The van der Waals surface area contributed by atoms with Crippen molar-refractivity contribution in [2.45, 2.75) is 25.1 Å². The monoisotopic (exact) mass is 443 g/mol. The largest absolute Gasteiger partial charge is 0.488 e. The van der Waals surface area contributed by atoms with Gasteiger partial charge < -0.3 is 15.4 Å². The first-order chi connectivity index (χ1) is 15.3. The Hall–Kier alpha value is -3.62. The molecule has 1 atom stereocenters. The fourth-order valence-electron chi connectivity index (χ4n) is 3.90. The van der Waals surface area contributed by atoms with E-state index in [1.807, 2.05) is 6.08 Å². The Kier molecular flexibility index (Phi) is 5.73. The van der Waals surface area contributed by atoms with Gasteiger partial charge in [0.25, 0.3) is 5.91 Å². The van der Waals surface area contributed by atoms with Crippen molar-refractivity contribution in [3.05, 3.63) is 76.4 Å². The van der Waals surface area contributed by atoms with E-state index in [1.165, 1.54) is 25.2 Å². The molecule has 2 aliphatic rings. The molecule has 0 radical (unpaired) electrons. The first kappa shape index (κ1) is 21.6. The van der Waals surface area contributed by atoms with E-state index < -0.39 is 17.6 Å². The van der Waals surface area contributed by atoms with Crippen LogP contribution in [0.5, 0.6) is 5.75 Å².